The molecule has 0 heterocycles. The van der Waals surface area contributed by atoms with E-state index in [9.17, 15) is 9.59 Å². The smallest absolute Gasteiger partial charge is 0.224 e. The fraction of sp³-hybridized carbons (Fsp3) is 0.385. The number of Topliss-reactive ketones (excluding diaryl/α,β-unsaturated/α-hetero) is 1. The van der Waals surface area contributed by atoms with Crippen LogP contribution in [0.5, 0.6) is 5.75 Å². The van der Waals surface area contributed by atoms with Crippen molar-refractivity contribution in [3.63, 3.8) is 0 Å². The molecule has 4 heteroatoms. The molecule has 0 saturated heterocycles. The van der Waals surface area contributed by atoms with Crippen LogP contribution in [-0.2, 0) is 9.59 Å². The molecule has 0 aliphatic rings. The predicted molar refractivity (Wildman–Crippen MR) is 66.2 cm³/mol. The molecule has 0 fully saturated rings. The highest BCUT2D eigenvalue weighted by molar-refractivity contribution is 5.91. The van der Waals surface area contributed by atoms with E-state index in [0.29, 0.717) is 19.3 Å². The maximum Gasteiger partial charge on any atom is 0.224 e. The molecule has 0 saturated carbocycles. The zero-order valence-corrected chi connectivity index (χ0v) is 10.2. The third-order valence-electron chi connectivity index (χ3n) is 2.31. The molecule has 0 bridgehead atoms. The van der Waals surface area contributed by atoms with E-state index in [-0.39, 0.29) is 11.7 Å². The summed E-state index contributed by atoms with van der Waals surface area (Å²) in [6.45, 7) is 1.53. The predicted octanol–water partition coefficient (Wildman–Crippen LogP) is 2.39. The van der Waals surface area contributed by atoms with Gasteiger partial charge in [-0.05, 0) is 37.6 Å². The fourth-order valence-corrected chi connectivity index (χ4v) is 1.40. The van der Waals surface area contributed by atoms with Crippen LogP contribution in [0, 0.1) is 0 Å². The topological polar surface area (TPSA) is 55.4 Å². The van der Waals surface area contributed by atoms with E-state index < -0.39 is 0 Å². The highest BCUT2D eigenvalue weighted by atomic mass is 16.5. The quantitative estimate of drug-likeness (QED) is 0.823. The minimum absolute atomic E-state index is 0.0728. The van der Waals surface area contributed by atoms with Crippen molar-refractivity contribution in [3.8, 4) is 5.75 Å². The molecule has 0 aliphatic carbocycles. The van der Waals surface area contributed by atoms with E-state index >= 15 is 0 Å². The summed E-state index contributed by atoms with van der Waals surface area (Å²) in [4.78, 5) is 22.2. The second-order valence-corrected chi connectivity index (χ2v) is 3.83. The monoisotopic (exact) mass is 235 g/mol. The largest absolute Gasteiger partial charge is 0.497 e. The molecule has 0 spiro atoms. The van der Waals surface area contributed by atoms with Crippen LogP contribution >= 0.6 is 0 Å². The van der Waals surface area contributed by atoms with Crippen molar-refractivity contribution in [2.45, 2.75) is 26.2 Å². The van der Waals surface area contributed by atoms with E-state index in [1.54, 1.807) is 31.4 Å². The van der Waals surface area contributed by atoms with Gasteiger partial charge in [-0.2, -0.15) is 0 Å². The van der Waals surface area contributed by atoms with Gasteiger partial charge in [0.1, 0.15) is 11.5 Å². The van der Waals surface area contributed by atoms with E-state index in [2.05, 4.69) is 5.32 Å². The number of hydrogen-bond acceptors (Lipinski definition) is 3. The van der Waals surface area contributed by atoms with Crippen molar-refractivity contribution < 1.29 is 14.3 Å². The van der Waals surface area contributed by atoms with Crippen molar-refractivity contribution in [1.29, 1.82) is 0 Å². The lowest BCUT2D eigenvalue weighted by molar-refractivity contribution is -0.117. The molecule has 4 nitrogen and oxygen atoms in total. The molecule has 1 amide bonds. The summed E-state index contributed by atoms with van der Waals surface area (Å²) in [5.74, 6) is 0.790. The first-order valence-corrected chi connectivity index (χ1v) is 5.55. The van der Waals surface area contributed by atoms with Crippen LogP contribution in [0.2, 0.25) is 0 Å². The molecular weight excluding hydrogens is 218 g/mol. The Bertz CT molecular complexity index is 384. The molecule has 1 aromatic rings. The Kier molecular flexibility index (Phi) is 5.20. The maximum absolute atomic E-state index is 11.5. The van der Waals surface area contributed by atoms with Crippen molar-refractivity contribution >= 4 is 17.4 Å². The molecule has 92 valence electrons. The fourth-order valence-electron chi connectivity index (χ4n) is 1.40. The summed E-state index contributed by atoms with van der Waals surface area (Å²) in [6.07, 6.45) is 1.42. The minimum atomic E-state index is -0.0728. The Balaban J connectivity index is 2.37. The van der Waals surface area contributed by atoms with Crippen molar-refractivity contribution in [3.05, 3.63) is 24.3 Å². The van der Waals surface area contributed by atoms with Crippen LogP contribution in [0.1, 0.15) is 26.2 Å². The van der Waals surface area contributed by atoms with E-state index in [4.69, 9.17) is 4.74 Å². The number of carbonyl (C=O) groups excluding carboxylic acids is 2. The number of hydrogen-bond donors (Lipinski definition) is 1. The summed E-state index contributed by atoms with van der Waals surface area (Å²) >= 11 is 0. The summed E-state index contributed by atoms with van der Waals surface area (Å²) in [5.41, 5.74) is 0.735. The Morgan fingerprint density at radius 2 is 1.82 bits per heavy atom. The Morgan fingerprint density at radius 1 is 1.18 bits per heavy atom. The second-order valence-electron chi connectivity index (χ2n) is 3.83. The summed E-state index contributed by atoms with van der Waals surface area (Å²) in [7, 11) is 1.59. The molecular formula is C13H17NO3. The third kappa shape index (κ3) is 5.15. The summed E-state index contributed by atoms with van der Waals surface area (Å²) in [5, 5.41) is 2.76. The molecule has 1 aromatic carbocycles. The van der Waals surface area contributed by atoms with Crippen LogP contribution in [0.25, 0.3) is 0 Å². The van der Waals surface area contributed by atoms with Gasteiger partial charge < -0.3 is 14.8 Å². The van der Waals surface area contributed by atoms with Crippen LogP contribution < -0.4 is 10.1 Å². The lowest BCUT2D eigenvalue weighted by atomic mass is 10.2. The maximum atomic E-state index is 11.5. The van der Waals surface area contributed by atoms with Crippen LogP contribution in [0.3, 0.4) is 0 Å². The normalized spacial score (nSPS) is 9.76. The van der Waals surface area contributed by atoms with Crippen LogP contribution in [0.4, 0.5) is 5.69 Å². The Morgan fingerprint density at radius 3 is 2.35 bits per heavy atom. The molecule has 1 rings (SSSR count). The number of nitrogens with one attached hydrogen (secondary N) is 1. The van der Waals surface area contributed by atoms with Gasteiger partial charge in [0.05, 0.1) is 7.11 Å². The van der Waals surface area contributed by atoms with Gasteiger partial charge in [-0.25, -0.2) is 0 Å². The van der Waals surface area contributed by atoms with Crippen molar-refractivity contribution in [2.24, 2.45) is 0 Å². The Hall–Kier alpha value is -1.84. The molecule has 0 atom stereocenters. The Labute approximate surface area is 101 Å². The summed E-state index contributed by atoms with van der Waals surface area (Å²) in [6, 6.07) is 7.12. The molecule has 0 radical (unpaired) electrons. The first-order valence-electron chi connectivity index (χ1n) is 5.55. The molecule has 0 aromatic heterocycles. The van der Waals surface area contributed by atoms with E-state index in [1.165, 1.54) is 6.92 Å². The number of carbonyl (C=O) groups is 2. The number of methoxy groups -OCH3 is 1. The van der Waals surface area contributed by atoms with Gasteiger partial charge in [-0.3, -0.25) is 4.79 Å². The number of rotatable bonds is 6. The van der Waals surface area contributed by atoms with Crippen LogP contribution in [-0.4, -0.2) is 18.8 Å². The standard InChI is InChI=1S/C13H17NO3/c1-10(15)4-3-5-13(16)14-11-6-8-12(17-2)9-7-11/h6-9H,3-5H2,1-2H3,(H,14,16). The van der Waals surface area contributed by atoms with Gasteiger partial charge in [-0.15, -0.1) is 0 Å². The zero-order valence-electron chi connectivity index (χ0n) is 10.2. The molecule has 1 N–H and O–H groups in total. The second kappa shape index (κ2) is 6.68. The summed E-state index contributed by atoms with van der Waals surface area (Å²) < 4.78 is 5.02. The first-order chi connectivity index (χ1) is 8.11. The molecule has 0 aliphatic heterocycles. The number of ketones is 1. The number of ether oxygens (including phenoxy) is 1. The molecule has 0 unspecified atom stereocenters. The van der Waals surface area contributed by atoms with E-state index in [0.717, 1.165) is 11.4 Å². The van der Waals surface area contributed by atoms with Crippen molar-refractivity contribution in [1.82, 2.24) is 0 Å². The SMILES string of the molecule is COc1ccc(NC(=O)CCCC(C)=O)cc1. The molecule has 17 heavy (non-hydrogen) atoms. The van der Waals surface area contributed by atoms with Gasteiger partial charge in [0, 0.05) is 18.5 Å². The van der Waals surface area contributed by atoms with Crippen molar-refractivity contribution in [2.75, 3.05) is 12.4 Å². The number of anilines is 1. The highest BCUT2D eigenvalue weighted by Crippen LogP contribution is 2.15. The van der Waals surface area contributed by atoms with Gasteiger partial charge in [0.25, 0.3) is 0 Å². The van der Waals surface area contributed by atoms with Crippen LogP contribution in [0.15, 0.2) is 24.3 Å². The first kappa shape index (κ1) is 13.2. The third-order valence-corrected chi connectivity index (χ3v) is 2.31. The average Bonchev–Trinajstić information content (AvgIpc) is 2.29. The highest BCUT2D eigenvalue weighted by Gasteiger charge is 2.03. The lowest BCUT2D eigenvalue weighted by Gasteiger charge is -2.05. The van der Waals surface area contributed by atoms with Gasteiger partial charge >= 0.3 is 0 Å². The number of benzene rings is 1. The number of amides is 1. The van der Waals surface area contributed by atoms with Gasteiger partial charge in [-0.1, -0.05) is 0 Å². The lowest BCUT2D eigenvalue weighted by Crippen LogP contribution is -2.11. The average molecular weight is 235 g/mol. The minimum Gasteiger partial charge on any atom is -0.497 e. The zero-order chi connectivity index (χ0) is 12.7. The van der Waals surface area contributed by atoms with Gasteiger partial charge in [0.2, 0.25) is 5.91 Å². The van der Waals surface area contributed by atoms with Gasteiger partial charge in [0.15, 0.2) is 0 Å². The van der Waals surface area contributed by atoms with E-state index in [1.807, 2.05) is 0 Å².